The molecular formula is C15H15N3O2S. The average molecular weight is 301 g/mol. The molecule has 3 N–H and O–H groups in total. The fourth-order valence-electron chi connectivity index (χ4n) is 2.26. The number of anilines is 1. The van der Waals surface area contributed by atoms with Crippen molar-refractivity contribution in [1.29, 1.82) is 5.41 Å². The normalized spacial score (nSPS) is 15.1. The second-order valence-electron chi connectivity index (χ2n) is 5.02. The molecule has 2 aromatic rings. The zero-order valence-corrected chi connectivity index (χ0v) is 12.5. The molecule has 0 amide bonds. The van der Waals surface area contributed by atoms with Gasteiger partial charge in [-0.25, -0.2) is 4.98 Å². The van der Waals surface area contributed by atoms with Crippen molar-refractivity contribution in [2.24, 2.45) is 0 Å². The lowest BCUT2D eigenvalue weighted by Crippen LogP contribution is -2.25. The molecule has 1 aliphatic rings. The summed E-state index contributed by atoms with van der Waals surface area (Å²) in [5.74, 6) is 0.512. The Labute approximate surface area is 126 Å². The molecule has 108 valence electrons. The first-order chi connectivity index (χ1) is 9.97. The van der Waals surface area contributed by atoms with E-state index in [1.54, 1.807) is 17.0 Å². The highest BCUT2D eigenvalue weighted by Gasteiger charge is 2.31. The molecule has 0 spiro atoms. The fourth-order valence-corrected chi connectivity index (χ4v) is 3.12. The van der Waals surface area contributed by atoms with Crippen LogP contribution in [0.2, 0.25) is 0 Å². The molecule has 1 aliphatic heterocycles. The summed E-state index contributed by atoms with van der Waals surface area (Å²) in [6.07, 6.45) is 0. The first-order valence-corrected chi connectivity index (χ1v) is 7.36. The van der Waals surface area contributed by atoms with Gasteiger partial charge in [0, 0.05) is 22.8 Å². The zero-order valence-electron chi connectivity index (χ0n) is 11.7. The zero-order chi connectivity index (χ0) is 15.1. The molecule has 2 heterocycles. The van der Waals surface area contributed by atoms with Crippen molar-refractivity contribution >= 4 is 28.4 Å². The highest BCUT2D eigenvalue weighted by Crippen LogP contribution is 2.34. The van der Waals surface area contributed by atoms with Gasteiger partial charge in [-0.15, -0.1) is 11.3 Å². The van der Waals surface area contributed by atoms with Crippen LogP contribution >= 0.6 is 11.3 Å². The van der Waals surface area contributed by atoms with Crippen molar-refractivity contribution in [3.63, 3.8) is 0 Å². The minimum atomic E-state index is 0.134. The SMILES string of the molecule is Cc1csc(C2=C(O)CN(c3ccc(C)c(O)c3)C2=N)n1. The van der Waals surface area contributed by atoms with Gasteiger partial charge in [0.25, 0.3) is 0 Å². The van der Waals surface area contributed by atoms with E-state index in [9.17, 15) is 10.2 Å². The average Bonchev–Trinajstić information content (AvgIpc) is 2.97. The topological polar surface area (TPSA) is 80.4 Å². The Morgan fingerprint density at radius 1 is 1.29 bits per heavy atom. The molecule has 0 bridgehead atoms. The summed E-state index contributed by atoms with van der Waals surface area (Å²) in [6.45, 7) is 3.91. The molecule has 0 fully saturated rings. The lowest BCUT2D eigenvalue weighted by Gasteiger charge is -2.19. The van der Waals surface area contributed by atoms with Crippen LogP contribution in [0.4, 0.5) is 5.69 Å². The van der Waals surface area contributed by atoms with Gasteiger partial charge in [-0.2, -0.15) is 0 Å². The quantitative estimate of drug-likeness (QED) is 0.795. The summed E-state index contributed by atoms with van der Waals surface area (Å²) >= 11 is 1.41. The van der Waals surface area contributed by atoms with E-state index in [0.29, 0.717) is 16.3 Å². The summed E-state index contributed by atoms with van der Waals surface area (Å²) in [5, 5.41) is 30.8. The van der Waals surface area contributed by atoms with Crippen LogP contribution in [0, 0.1) is 19.3 Å². The number of aryl methyl sites for hydroxylation is 2. The van der Waals surface area contributed by atoms with Crippen molar-refractivity contribution in [2.75, 3.05) is 11.4 Å². The Morgan fingerprint density at radius 3 is 2.67 bits per heavy atom. The van der Waals surface area contributed by atoms with Crippen LogP contribution in [0.25, 0.3) is 5.57 Å². The monoisotopic (exact) mass is 301 g/mol. The van der Waals surface area contributed by atoms with E-state index >= 15 is 0 Å². The second kappa shape index (κ2) is 4.89. The molecule has 0 atom stereocenters. The van der Waals surface area contributed by atoms with Crippen LogP contribution in [0.15, 0.2) is 29.3 Å². The van der Waals surface area contributed by atoms with Crippen molar-refractivity contribution in [3.8, 4) is 5.75 Å². The van der Waals surface area contributed by atoms with Crippen LogP contribution in [-0.2, 0) is 0 Å². The maximum Gasteiger partial charge on any atom is 0.139 e. The maximum absolute atomic E-state index is 10.2. The summed E-state index contributed by atoms with van der Waals surface area (Å²) in [7, 11) is 0. The number of amidine groups is 1. The van der Waals surface area contributed by atoms with Crippen molar-refractivity contribution in [1.82, 2.24) is 4.98 Å². The van der Waals surface area contributed by atoms with Gasteiger partial charge in [-0.1, -0.05) is 6.07 Å². The number of phenolic OH excluding ortho intramolecular Hbond substituents is 1. The first-order valence-electron chi connectivity index (χ1n) is 6.48. The molecule has 0 saturated carbocycles. The van der Waals surface area contributed by atoms with Gasteiger partial charge in [0.2, 0.25) is 0 Å². The Kier molecular flexibility index (Phi) is 3.17. The Hall–Kier alpha value is -2.34. The molecule has 5 nitrogen and oxygen atoms in total. The van der Waals surface area contributed by atoms with Gasteiger partial charge < -0.3 is 15.1 Å². The van der Waals surface area contributed by atoms with Gasteiger partial charge in [0.1, 0.15) is 22.4 Å². The molecule has 1 aromatic carbocycles. The molecule has 21 heavy (non-hydrogen) atoms. The van der Waals surface area contributed by atoms with Gasteiger partial charge in [-0.3, -0.25) is 5.41 Å². The lowest BCUT2D eigenvalue weighted by atomic mass is 10.2. The molecule has 0 unspecified atom stereocenters. The van der Waals surface area contributed by atoms with Crippen LogP contribution in [0.3, 0.4) is 0 Å². The highest BCUT2D eigenvalue weighted by molar-refractivity contribution is 7.11. The molecule has 6 heteroatoms. The number of aromatic nitrogens is 1. The minimum Gasteiger partial charge on any atom is -0.510 e. The number of hydrogen-bond acceptors (Lipinski definition) is 5. The van der Waals surface area contributed by atoms with E-state index in [1.165, 1.54) is 11.3 Å². The number of aromatic hydroxyl groups is 1. The third kappa shape index (κ3) is 2.27. The minimum absolute atomic E-state index is 0.134. The molecule has 3 rings (SSSR count). The van der Waals surface area contributed by atoms with Crippen LogP contribution in [-0.4, -0.2) is 27.6 Å². The Morgan fingerprint density at radius 2 is 2.05 bits per heavy atom. The highest BCUT2D eigenvalue weighted by atomic mass is 32.1. The van der Waals surface area contributed by atoms with Crippen LogP contribution < -0.4 is 4.90 Å². The molecule has 1 aromatic heterocycles. The number of aliphatic hydroxyl groups is 1. The van der Waals surface area contributed by atoms with Gasteiger partial charge >= 0.3 is 0 Å². The fraction of sp³-hybridized carbons (Fsp3) is 0.200. The Bertz CT molecular complexity index is 764. The van der Waals surface area contributed by atoms with Crippen molar-refractivity contribution < 1.29 is 10.2 Å². The lowest BCUT2D eigenvalue weighted by molar-refractivity contribution is 0.411. The summed E-state index contributed by atoms with van der Waals surface area (Å²) in [6, 6.07) is 5.22. The largest absolute Gasteiger partial charge is 0.510 e. The van der Waals surface area contributed by atoms with Gasteiger partial charge in [0.15, 0.2) is 0 Å². The number of rotatable bonds is 2. The van der Waals surface area contributed by atoms with E-state index in [-0.39, 0.29) is 23.9 Å². The van der Waals surface area contributed by atoms with E-state index in [4.69, 9.17) is 5.41 Å². The number of hydrogen-bond donors (Lipinski definition) is 3. The number of benzene rings is 1. The number of nitrogens with zero attached hydrogens (tertiary/aromatic N) is 2. The predicted octanol–water partition coefficient (Wildman–Crippen LogP) is 3.23. The third-order valence-electron chi connectivity index (χ3n) is 3.44. The second-order valence-corrected chi connectivity index (χ2v) is 5.88. The number of aliphatic hydroxyl groups excluding tert-OH is 1. The number of phenols is 1. The van der Waals surface area contributed by atoms with Crippen molar-refractivity contribution in [3.05, 3.63) is 45.6 Å². The first kappa shape index (κ1) is 13.6. The van der Waals surface area contributed by atoms with E-state index in [1.807, 2.05) is 25.3 Å². The number of nitrogens with one attached hydrogen (secondary N) is 1. The van der Waals surface area contributed by atoms with E-state index in [2.05, 4.69) is 4.98 Å². The smallest absolute Gasteiger partial charge is 0.139 e. The standard InChI is InChI=1S/C15H15N3O2S/c1-8-3-4-10(5-11(8)19)18-6-12(20)13(14(18)16)15-17-9(2)7-21-15/h3-5,7,16,19-20H,6H2,1-2H3. The van der Waals surface area contributed by atoms with Gasteiger partial charge in [0.05, 0.1) is 12.1 Å². The van der Waals surface area contributed by atoms with E-state index < -0.39 is 0 Å². The molecule has 0 aliphatic carbocycles. The summed E-state index contributed by atoms with van der Waals surface area (Å²) in [5.41, 5.74) is 2.79. The third-order valence-corrected chi connectivity index (χ3v) is 4.42. The molecule has 0 saturated heterocycles. The molecule has 0 radical (unpaired) electrons. The molecular weight excluding hydrogens is 286 g/mol. The van der Waals surface area contributed by atoms with Crippen LogP contribution in [0.1, 0.15) is 16.3 Å². The van der Waals surface area contributed by atoms with Gasteiger partial charge in [-0.05, 0) is 25.5 Å². The number of thiazole rings is 1. The summed E-state index contributed by atoms with van der Waals surface area (Å²) < 4.78 is 0. The van der Waals surface area contributed by atoms with Crippen molar-refractivity contribution in [2.45, 2.75) is 13.8 Å². The Balaban J connectivity index is 1.96. The van der Waals surface area contributed by atoms with Crippen LogP contribution in [0.5, 0.6) is 5.75 Å². The maximum atomic E-state index is 10.2. The predicted molar refractivity (Wildman–Crippen MR) is 84.3 cm³/mol. The van der Waals surface area contributed by atoms with E-state index in [0.717, 1.165) is 11.3 Å². The summed E-state index contributed by atoms with van der Waals surface area (Å²) in [4.78, 5) is 5.99.